The summed E-state index contributed by atoms with van der Waals surface area (Å²) in [4.78, 5) is 52.4. The predicted molar refractivity (Wildman–Crippen MR) is 98.0 cm³/mol. The molecule has 2 aromatic rings. The van der Waals surface area contributed by atoms with E-state index in [2.05, 4.69) is 4.98 Å². The van der Waals surface area contributed by atoms with E-state index < -0.39 is 29.2 Å². The molecule has 0 saturated carbocycles. The number of rotatable bonds is 7. The average Bonchev–Trinajstić information content (AvgIpc) is 2.91. The first-order chi connectivity index (χ1) is 12.3. The van der Waals surface area contributed by atoms with Gasteiger partial charge in [-0.05, 0) is 32.8 Å². The van der Waals surface area contributed by atoms with E-state index in [4.69, 9.17) is 9.47 Å². The second-order valence-electron chi connectivity index (χ2n) is 5.78. The maximum Gasteiger partial charge on any atom is 0.348 e. The molecule has 0 aromatic carbocycles. The smallest absolute Gasteiger partial charge is 0.348 e. The number of carbonyl (C=O) groups is 2. The van der Waals surface area contributed by atoms with Crippen LogP contribution in [0.25, 0.3) is 10.2 Å². The molecule has 1 N–H and O–H groups in total. The van der Waals surface area contributed by atoms with Gasteiger partial charge in [0.05, 0.1) is 18.6 Å². The number of unbranched alkanes of at least 4 members (excludes halogenated alkanes) is 1. The molecule has 0 fully saturated rings. The number of hydrogen-bond acceptors (Lipinski definition) is 7. The van der Waals surface area contributed by atoms with Gasteiger partial charge in [0.15, 0.2) is 0 Å². The van der Waals surface area contributed by atoms with Crippen LogP contribution in [0.5, 0.6) is 0 Å². The van der Waals surface area contributed by atoms with Crippen LogP contribution in [-0.2, 0) is 14.3 Å². The second kappa shape index (κ2) is 8.31. The lowest BCUT2D eigenvalue weighted by atomic mass is 10.2. The maximum atomic E-state index is 12.8. The number of esters is 2. The number of nitrogens with one attached hydrogen (secondary N) is 1. The molecule has 8 nitrogen and oxygen atoms in total. The highest BCUT2D eigenvalue weighted by atomic mass is 32.1. The quantitative estimate of drug-likeness (QED) is 0.581. The van der Waals surface area contributed by atoms with E-state index in [0.717, 1.165) is 22.3 Å². The molecule has 0 bridgehead atoms. The second-order valence-corrected chi connectivity index (χ2v) is 6.80. The molecule has 9 heteroatoms. The monoisotopic (exact) mass is 382 g/mol. The van der Waals surface area contributed by atoms with Gasteiger partial charge in [-0.3, -0.25) is 9.78 Å². The first-order valence-electron chi connectivity index (χ1n) is 8.45. The van der Waals surface area contributed by atoms with Crippen LogP contribution in [0.2, 0.25) is 0 Å². The zero-order valence-corrected chi connectivity index (χ0v) is 16.0. The normalized spacial score (nSPS) is 12.2. The minimum Gasteiger partial charge on any atom is -0.464 e. The molecule has 2 aromatic heterocycles. The highest BCUT2D eigenvalue weighted by Gasteiger charge is 2.25. The molecule has 0 aliphatic rings. The molecule has 1 atom stereocenters. The van der Waals surface area contributed by atoms with Crippen molar-refractivity contribution >= 4 is 33.5 Å². The third kappa shape index (κ3) is 3.72. The van der Waals surface area contributed by atoms with E-state index in [0.29, 0.717) is 12.0 Å². The molecule has 0 saturated heterocycles. The van der Waals surface area contributed by atoms with Crippen molar-refractivity contribution in [2.24, 2.45) is 0 Å². The first kappa shape index (κ1) is 19.9. The van der Waals surface area contributed by atoms with E-state index >= 15 is 0 Å². The van der Waals surface area contributed by atoms with Crippen molar-refractivity contribution in [3.05, 3.63) is 31.3 Å². The Hall–Kier alpha value is -2.42. The van der Waals surface area contributed by atoms with Crippen LogP contribution in [0.1, 0.15) is 54.9 Å². The predicted octanol–water partition coefficient (Wildman–Crippen LogP) is 2.14. The van der Waals surface area contributed by atoms with Gasteiger partial charge in [-0.1, -0.05) is 13.3 Å². The number of ether oxygens (including phenoxy) is 2. The van der Waals surface area contributed by atoms with E-state index in [1.807, 2.05) is 6.92 Å². The van der Waals surface area contributed by atoms with Crippen molar-refractivity contribution in [2.75, 3.05) is 13.2 Å². The Kier molecular flexibility index (Phi) is 6.36. The van der Waals surface area contributed by atoms with Crippen LogP contribution in [0, 0.1) is 6.92 Å². The van der Waals surface area contributed by atoms with Gasteiger partial charge >= 0.3 is 17.6 Å². The van der Waals surface area contributed by atoms with E-state index in [1.165, 1.54) is 6.92 Å². The van der Waals surface area contributed by atoms with Crippen molar-refractivity contribution in [3.63, 3.8) is 0 Å². The summed E-state index contributed by atoms with van der Waals surface area (Å²) in [6, 6.07) is -1.07. The topological polar surface area (TPSA) is 107 Å². The Bertz CT molecular complexity index is 939. The number of thiophene rings is 1. The van der Waals surface area contributed by atoms with Gasteiger partial charge in [0.1, 0.15) is 15.7 Å². The van der Waals surface area contributed by atoms with Crippen LogP contribution in [-0.4, -0.2) is 34.7 Å². The summed E-state index contributed by atoms with van der Waals surface area (Å²) in [6.07, 6.45) is 1.56. The fourth-order valence-electron chi connectivity index (χ4n) is 2.52. The summed E-state index contributed by atoms with van der Waals surface area (Å²) in [5.74, 6) is -1.20. The highest BCUT2D eigenvalue weighted by Crippen LogP contribution is 2.27. The zero-order chi connectivity index (χ0) is 19.4. The molecule has 2 rings (SSSR count). The third-order valence-electron chi connectivity index (χ3n) is 3.95. The maximum absolute atomic E-state index is 12.8. The molecule has 0 aliphatic heterocycles. The molecule has 2 heterocycles. The van der Waals surface area contributed by atoms with E-state index in [-0.39, 0.29) is 28.3 Å². The van der Waals surface area contributed by atoms with Gasteiger partial charge < -0.3 is 9.47 Å². The highest BCUT2D eigenvalue weighted by molar-refractivity contribution is 7.20. The summed E-state index contributed by atoms with van der Waals surface area (Å²) < 4.78 is 10.9. The number of aromatic nitrogens is 2. The van der Waals surface area contributed by atoms with Gasteiger partial charge in [0, 0.05) is 0 Å². The number of carbonyl (C=O) groups excluding carboxylic acids is 2. The number of nitrogens with zero attached hydrogens (tertiary/aromatic N) is 1. The van der Waals surface area contributed by atoms with Crippen LogP contribution in [0.4, 0.5) is 0 Å². The largest absolute Gasteiger partial charge is 0.464 e. The first-order valence-corrected chi connectivity index (χ1v) is 9.26. The minimum absolute atomic E-state index is 0.200. The summed E-state index contributed by atoms with van der Waals surface area (Å²) in [5.41, 5.74) is -0.933. The van der Waals surface area contributed by atoms with Crippen LogP contribution < -0.4 is 11.2 Å². The van der Waals surface area contributed by atoms with Crippen LogP contribution in [0.15, 0.2) is 9.59 Å². The third-order valence-corrected chi connectivity index (χ3v) is 5.14. The number of hydrogen-bond donors (Lipinski definition) is 1. The minimum atomic E-state index is -1.07. The van der Waals surface area contributed by atoms with Crippen molar-refractivity contribution in [1.29, 1.82) is 0 Å². The number of fused-ring (bicyclic) bond motifs is 1. The fourth-order valence-corrected chi connectivity index (χ4v) is 3.60. The lowest BCUT2D eigenvalue weighted by Crippen LogP contribution is -2.40. The van der Waals surface area contributed by atoms with Gasteiger partial charge in [-0.2, -0.15) is 0 Å². The molecule has 26 heavy (non-hydrogen) atoms. The Morgan fingerprint density at radius 3 is 2.54 bits per heavy atom. The Morgan fingerprint density at radius 1 is 1.23 bits per heavy atom. The van der Waals surface area contributed by atoms with Crippen molar-refractivity contribution in [3.8, 4) is 0 Å². The van der Waals surface area contributed by atoms with Crippen LogP contribution >= 0.6 is 11.3 Å². The molecule has 142 valence electrons. The van der Waals surface area contributed by atoms with Gasteiger partial charge in [0.25, 0.3) is 5.56 Å². The zero-order valence-electron chi connectivity index (χ0n) is 15.2. The molecule has 0 spiro atoms. The van der Waals surface area contributed by atoms with Crippen LogP contribution in [0.3, 0.4) is 0 Å². The van der Waals surface area contributed by atoms with Crippen molar-refractivity contribution in [1.82, 2.24) is 9.55 Å². The molecule has 0 aliphatic carbocycles. The molecular formula is C17H22N2O6S. The Balaban J connectivity index is 2.51. The molecular weight excluding hydrogens is 360 g/mol. The average molecular weight is 382 g/mol. The summed E-state index contributed by atoms with van der Waals surface area (Å²) in [7, 11) is 0. The Labute approximate surface area is 153 Å². The van der Waals surface area contributed by atoms with Gasteiger partial charge in [-0.15, -0.1) is 11.3 Å². The van der Waals surface area contributed by atoms with Gasteiger partial charge in [0.2, 0.25) is 0 Å². The summed E-state index contributed by atoms with van der Waals surface area (Å²) in [5, 5.41) is 0.200. The molecule has 0 radical (unpaired) electrons. The van der Waals surface area contributed by atoms with Crippen molar-refractivity contribution < 1.29 is 19.1 Å². The number of aromatic amines is 1. The van der Waals surface area contributed by atoms with Gasteiger partial charge in [-0.25, -0.2) is 19.0 Å². The van der Waals surface area contributed by atoms with E-state index in [1.54, 1.807) is 13.8 Å². The standard InChI is InChI=1S/C17H22N2O6S/c1-5-7-8-25-15(21)10(4)19-14(20)11-9(3)12(16(22)24-6-2)26-13(11)18-17(19)23/h10H,5-8H2,1-4H3,(H,18,23). The number of H-pyrrole nitrogens is 1. The summed E-state index contributed by atoms with van der Waals surface area (Å²) >= 11 is 0.986. The molecule has 1 unspecified atom stereocenters. The molecule has 0 amide bonds. The lowest BCUT2D eigenvalue weighted by Gasteiger charge is -2.13. The Morgan fingerprint density at radius 2 is 1.92 bits per heavy atom. The lowest BCUT2D eigenvalue weighted by molar-refractivity contribution is -0.147. The fraction of sp³-hybridized carbons (Fsp3) is 0.529. The van der Waals surface area contributed by atoms with E-state index in [9.17, 15) is 19.2 Å². The summed E-state index contributed by atoms with van der Waals surface area (Å²) in [6.45, 7) is 7.12. The number of aryl methyl sites for hydroxylation is 1. The SMILES string of the molecule is CCCCOC(=O)C(C)n1c(=O)[nH]c2sc(C(=O)OCC)c(C)c2c1=O. The van der Waals surface area contributed by atoms with Crippen molar-refractivity contribution in [2.45, 2.75) is 46.6 Å².